The first kappa shape index (κ1) is 11.4. The van der Waals surface area contributed by atoms with Crippen molar-refractivity contribution >= 4 is 17.6 Å². The van der Waals surface area contributed by atoms with Crippen LogP contribution in [0, 0.1) is 0 Å². The molecule has 0 spiro atoms. The molecule has 17 heavy (non-hydrogen) atoms. The maximum absolute atomic E-state index is 11.9. The van der Waals surface area contributed by atoms with Gasteiger partial charge in [-0.25, -0.2) is 4.79 Å². The van der Waals surface area contributed by atoms with Crippen molar-refractivity contribution < 1.29 is 9.59 Å². The molecule has 1 heterocycles. The molecule has 5 heteroatoms. The quantitative estimate of drug-likeness (QED) is 0.804. The van der Waals surface area contributed by atoms with Crippen molar-refractivity contribution in [3.05, 3.63) is 30.3 Å². The summed E-state index contributed by atoms with van der Waals surface area (Å²) < 4.78 is 0. The van der Waals surface area contributed by atoms with Crippen LogP contribution in [0.25, 0.3) is 0 Å². The van der Waals surface area contributed by atoms with E-state index in [0.29, 0.717) is 18.7 Å². The highest BCUT2D eigenvalue weighted by molar-refractivity contribution is 5.93. The van der Waals surface area contributed by atoms with Crippen LogP contribution in [0.15, 0.2) is 30.3 Å². The molecule has 1 aliphatic heterocycles. The lowest BCUT2D eigenvalue weighted by Crippen LogP contribution is -2.45. The fourth-order valence-corrected chi connectivity index (χ4v) is 2.02. The van der Waals surface area contributed by atoms with Crippen LogP contribution >= 0.6 is 0 Å². The highest BCUT2D eigenvalue weighted by Gasteiger charge is 2.32. The average Bonchev–Trinajstić information content (AvgIpc) is 2.79. The summed E-state index contributed by atoms with van der Waals surface area (Å²) in [6, 6.07) is 8.41. The highest BCUT2D eigenvalue weighted by Crippen LogP contribution is 2.18. The summed E-state index contributed by atoms with van der Waals surface area (Å²) in [5, 5.41) is 2.75. The van der Waals surface area contributed by atoms with E-state index >= 15 is 0 Å². The molecule has 0 bridgehead atoms. The molecule has 3 amide bonds. The Morgan fingerprint density at radius 3 is 2.65 bits per heavy atom. The standard InChI is InChI=1S/C12H15N3O2/c13-11(16)10-7-4-8-15(10)12(17)14-9-5-2-1-3-6-9/h1-3,5-6,10H,4,7-8H2,(H2,13,16)(H,14,17)/t10-/m0/s1. The van der Waals surface area contributed by atoms with Crippen molar-refractivity contribution in [1.29, 1.82) is 0 Å². The van der Waals surface area contributed by atoms with E-state index in [4.69, 9.17) is 5.73 Å². The number of hydrogen-bond acceptors (Lipinski definition) is 2. The van der Waals surface area contributed by atoms with Gasteiger partial charge in [0, 0.05) is 12.2 Å². The highest BCUT2D eigenvalue weighted by atomic mass is 16.2. The topological polar surface area (TPSA) is 75.4 Å². The Morgan fingerprint density at radius 1 is 1.29 bits per heavy atom. The number of likely N-dealkylation sites (tertiary alicyclic amines) is 1. The Labute approximate surface area is 99.6 Å². The largest absolute Gasteiger partial charge is 0.368 e. The predicted molar refractivity (Wildman–Crippen MR) is 64.4 cm³/mol. The Bertz CT molecular complexity index is 419. The van der Waals surface area contributed by atoms with Gasteiger partial charge in [0.1, 0.15) is 6.04 Å². The maximum atomic E-state index is 11.9. The number of urea groups is 1. The van der Waals surface area contributed by atoms with Gasteiger partial charge >= 0.3 is 6.03 Å². The molecule has 1 aromatic carbocycles. The third-order valence-electron chi connectivity index (χ3n) is 2.87. The lowest BCUT2D eigenvalue weighted by atomic mass is 10.2. The number of amides is 3. The normalized spacial score (nSPS) is 19.1. The summed E-state index contributed by atoms with van der Waals surface area (Å²) in [6.45, 7) is 0.576. The number of benzene rings is 1. The molecule has 0 aromatic heterocycles. The molecule has 1 fully saturated rings. The molecule has 0 aliphatic carbocycles. The second kappa shape index (κ2) is 4.86. The first-order valence-corrected chi connectivity index (χ1v) is 5.60. The molecule has 2 rings (SSSR count). The molecule has 0 unspecified atom stereocenters. The van der Waals surface area contributed by atoms with Gasteiger partial charge in [0.25, 0.3) is 0 Å². The van der Waals surface area contributed by atoms with Crippen molar-refractivity contribution in [2.45, 2.75) is 18.9 Å². The fourth-order valence-electron chi connectivity index (χ4n) is 2.02. The van der Waals surface area contributed by atoms with Gasteiger partial charge < -0.3 is 16.0 Å². The molecular weight excluding hydrogens is 218 g/mol. The van der Waals surface area contributed by atoms with Crippen molar-refractivity contribution in [2.24, 2.45) is 5.73 Å². The van der Waals surface area contributed by atoms with Crippen molar-refractivity contribution in [3.63, 3.8) is 0 Å². The van der Waals surface area contributed by atoms with Gasteiger partial charge in [0.15, 0.2) is 0 Å². The lowest BCUT2D eigenvalue weighted by molar-refractivity contribution is -0.121. The Hall–Kier alpha value is -2.04. The van der Waals surface area contributed by atoms with Crippen LogP contribution in [-0.4, -0.2) is 29.4 Å². The molecule has 5 nitrogen and oxygen atoms in total. The summed E-state index contributed by atoms with van der Waals surface area (Å²) in [5.74, 6) is -0.439. The number of primary amides is 1. The minimum Gasteiger partial charge on any atom is -0.368 e. The third-order valence-corrected chi connectivity index (χ3v) is 2.87. The van der Waals surface area contributed by atoms with Crippen LogP contribution in [0.3, 0.4) is 0 Å². The van der Waals surface area contributed by atoms with Crippen LogP contribution < -0.4 is 11.1 Å². The molecule has 1 aliphatic rings. The molecule has 1 atom stereocenters. The van der Waals surface area contributed by atoms with Crippen LogP contribution in [0.1, 0.15) is 12.8 Å². The number of hydrogen-bond donors (Lipinski definition) is 2. The number of carbonyl (C=O) groups excluding carboxylic acids is 2. The van der Waals surface area contributed by atoms with E-state index in [1.165, 1.54) is 4.90 Å². The molecule has 3 N–H and O–H groups in total. The first-order valence-electron chi connectivity index (χ1n) is 5.60. The number of anilines is 1. The van der Waals surface area contributed by atoms with Crippen molar-refractivity contribution in [1.82, 2.24) is 4.90 Å². The van der Waals surface area contributed by atoms with Gasteiger partial charge in [0.05, 0.1) is 0 Å². The molecule has 0 saturated carbocycles. The summed E-state index contributed by atoms with van der Waals surface area (Å²) >= 11 is 0. The number of para-hydroxylation sites is 1. The Balaban J connectivity index is 2.03. The van der Waals surface area contributed by atoms with E-state index in [2.05, 4.69) is 5.32 Å². The Kier molecular flexibility index (Phi) is 3.27. The van der Waals surface area contributed by atoms with Gasteiger partial charge in [-0.2, -0.15) is 0 Å². The minimum absolute atomic E-state index is 0.266. The number of nitrogens with one attached hydrogen (secondary N) is 1. The van der Waals surface area contributed by atoms with Gasteiger partial charge in [0.2, 0.25) is 5.91 Å². The smallest absolute Gasteiger partial charge is 0.322 e. The van der Waals surface area contributed by atoms with E-state index in [0.717, 1.165) is 6.42 Å². The molecule has 90 valence electrons. The van der Waals surface area contributed by atoms with Crippen molar-refractivity contribution in [2.75, 3.05) is 11.9 Å². The van der Waals surface area contributed by atoms with Gasteiger partial charge in [-0.3, -0.25) is 4.79 Å². The third kappa shape index (κ3) is 2.55. The lowest BCUT2D eigenvalue weighted by Gasteiger charge is -2.22. The molecule has 1 saturated heterocycles. The molecular formula is C12H15N3O2. The zero-order valence-corrected chi connectivity index (χ0v) is 9.43. The first-order chi connectivity index (χ1) is 8.18. The maximum Gasteiger partial charge on any atom is 0.322 e. The molecule has 0 radical (unpaired) electrons. The predicted octanol–water partition coefficient (Wildman–Crippen LogP) is 1.17. The summed E-state index contributed by atoms with van der Waals surface area (Å²) in [6.07, 6.45) is 1.47. The van der Waals surface area contributed by atoms with Crippen LogP contribution in [0.2, 0.25) is 0 Å². The van der Waals surface area contributed by atoms with Gasteiger partial charge in [-0.05, 0) is 25.0 Å². The number of nitrogens with zero attached hydrogens (tertiary/aromatic N) is 1. The summed E-state index contributed by atoms with van der Waals surface area (Å²) in [5.41, 5.74) is 5.97. The van der Waals surface area contributed by atoms with Gasteiger partial charge in [-0.1, -0.05) is 18.2 Å². The summed E-state index contributed by atoms with van der Waals surface area (Å²) in [4.78, 5) is 24.6. The van der Waals surface area contributed by atoms with Crippen LogP contribution in [0.4, 0.5) is 10.5 Å². The average molecular weight is 233 g/mol. The number of carbonyl (C=O) groups is 2. The second-order valence-corrected chi connectivity index (χ2v) is 4.05. The summed E-state index contributed by atoms with van der Waals surface area (Å²) in [7, 11) is 0. The van der Waals surface area contributed by atoms with E-state index in [1.807, 2.05) is 18.2 Å². The number of rotatable bonds is 2. The fraction of sp³-hybridized carbons (Fsp3) is 0.333. The van der Waals surface area contributed by atoms with E-state index in [-0.39, 0.29) is 6.03 Å². The Morgan fingerprint density at radius 2 is 2.00 bits per heavy atom. The SMILES string of the molecule is NC(=O)[C@@H]1CCCN1C(=O)Nc1ccccc1. The molecule has 1 aromatic rings. The van der Waals surface area contributed by atoms with Gasteiger partial charge in [-0.15, -0.1) is 0 Å². The van der Waals surface area contributed by atoms with Crippen LogP contribution in [-0.2, 0) is 4.79 Å². The number of nitrogens with two attached hydrogens (primary N) is 1. The second-order valence-electron chi connectivity index (χ2n) is 4.05. The zero-order chi connectivity index (χ0) is 12.3. The monoisotopic (exact) mass is 233 g/mol. The van der Waals surface area contributed by atoms with Crippen molar-refractivity contribution in [3.8, 4) is 0 Å². The van der Waals surface area contributed by atoms with E-state index in [9.17, 15) is 9.59 Å². The van der Waals surface area contributed by atoms with Crippen LogP contribution in [0.5, 0.6) is 0 Å². The van der Waals surface area contributed by atoms with E-state index in [1.54, 1.807) is 12.1 Å². The van der Waals surface area contributed by atoms with E-state index < -0.39 is 11.9 Å². The zero-order valence-electron chi connectivity index (χ0n) is 9.43. The minimum atomic E-state index is -0.473.